The van der Waals surface area contributed by atoms with Gasteiger partial charge in [0.25, 0.3) is 10.0 Å². The Morgan fingerprint density at radius 2 is 1.85 bits per heavy atom. The van der Waals surface area contributed by atoms with E-state index < -0.39 is 61.9 Å². The van der Waals surface area contributed by atoms with Crippen LogP contribution in [0, 0.1) is 17.5 Å². The van der Waals surface area contributed by atoms with E-state index >= 15 is 0 Å². The van der Waals surface area contributed by atoms with E-state index in [4.69, 9.17) is 14.9 Å². The average molecular weight is 405 g/mol. The Bertz CT molecular complexity index is 994. The highest BCUT2D eigenvalue weighted by Crippen LogP contribution is 2.35. The number of nitrogens with one attached hydrogen (secondary N) is 1. The molecule has 0 bridgehead atoms. The summed E-state index contributed by atoms with van der Waals surface area (Å²) < 4.78 is 74.0. The van der Waals surface area contributed by atoms with Crippen LogP contribution in [0.25, 0.3) is 0 Å². The van der Waals surface area contributed by atoms with E-state index in [2.05, 4.69) is 0 Å². The Labute approximate surface area is 152 Å². The molecule has 7 nitrogen and oxygen atoms in total. The number of aromatic carboxylic acids is 1. The molecule has 0 aromatic heterocycles. The number of aliphatic hydroxyl groups excluding tert-OH is 1. The van der Waals surface area contributed by atoms with Crippen LogP contribution >= 0.6 is 0 Å². The zero-order valence-electron chi connectivity index (χ0n) is 13.8. The van der Waals surface area contributed by atoms with Gasteiger partial charge in [0.1, 0.15) is 5.69 Å². The van der Waals surface area contributed by atoms with Crippen molar-refractivity contribution in [2.75, 3.05) is 11.3 Å². The van der Waals surface area contributed by atoms with E-state index in [9.17, 15) is 26.4 Å². The van der Waals surface area contributed by atoms with E-state index in [0.717, 1.165) is 24.3 Å². The number of anilines is 1. The summed E-state index contributed by atoms with van der Waals surface area (Å²) in [4.78, 5) is 10.4. The Hall–Kier alpha value is -2.79. The molecule has 2 rings (SSSR count). The first-order valence-electron chi connectivity index (χ1n) is 7.43. The molecule has 2 aromatic rings. The van der Waals surface area contributed by atoms with E-state index in [1.807, 2.05) is 0 Å². The fraction of sp³-hybridized carbons (Fsp3) is 0.188. The molecule has 0 aliphatic rings. The minimum atomic E-state index is -4.64. The molecular formula is C16H14F3NO6S. The number of hydrogen-bond donors (Lipinski definition) is 3. The third-order valence-electron chi connectivity index (χ3n) is 3.44. The largest absolute Gasteiger partial charge is 0.488 e. The third kappa shape index (κ3) is 3.98. The van der Waals surface area contributed by atoms with Crippen LogP contribution in [0.1, 0.15) is 22.8 Å². The van der Waals surface area contributed by atoms with Crippen molar-refractivity contribution in [3.8, 4) is 5.75 Å². The fourth-order valence-electron chi connectivity index (χ4n) is 2.18. The number of carboxylic acids is 1. The normalized spacial score (nSPS) is 11.3. The number of ether oxygens (including phenoxy) is 1. The molecule has 11 heteroatoms. The molecule has 0 radical (unpaired) electrons. The topological polar surface area (TPSA) is 113 Å². The third-order valence-corrected chi connectivity index (χ3v) is 4.79. The maximum Gasteiger partial charge on any atom is 0.335 e. The summed E-state index contributed by atoms with van der Waals surface area (Å²) in [6.45, 7) is 0.000531. The molecule has 0 heterocycles. The molecule has 2 aromatic carbocycles. The second kappa shape index (κ2) is 7.84. The van der Waals surface area contributed by atoms with Crippen molar-refractivity contribution < 1.29 is 41.3 Å². The van der Waals surface area contributed by atoms with Crippen LogP contribution < -0.4 is 9.46 Å². The highest BCUT2D eigenvalue weighted by atomic mass is 32.2. The number of hydrogen-bond acceptors (Lipinski definition) is 5. The first kappa shape index (κ1) is 20.5. The van der Waals surface area contributed by atoms with Crippen LogP contribution in [0.4, 0.5) is 18.9 Å². The summed E-state index contributed by atoms with van der Waals surface area (Å²) >= 11 is 0. The second-order valence-corrected chi connectivity index (χ2v) is 6.84. The van der Waals surface area contributed by atoms with Gasteiger partial charge in [0.15, 0.2) is 23.2 Å². The summed E-state index contributed by atoms with van der Waals surface area (Å²) in [5.41, 5.74) is -2.62. The lowest BCUT2D eigenvalue weighted by molar-refractivity contribution is 0.0696. The molecule has 0 amide bonds. The van der Waals surface area contributed by atoms with Gasteiger partial charge in [0.05, 0.1) is 29.2 Å². The molecule has 0 fully saturated rings. The maximum absolute atomic E-state index is 14.4. The Morgan fingerprint density at radius 1 is 1.19 bits per heavy atom. The van der Waals surface area contributed by atoms with Gasteiger partial charge in [0, 0.05) is 0 Å². The first-order chi connectivity index (χ1) is 12.6. The minimum absolute atomic E-state index is 0.211. The molecular weight excluding hydrogens is 391 g/mol. The Kier molecular flexibility index (Phi) is 5.96. The van der Waals surface area contributed by atoms with E-state index in [0.29, 0.717) is 0 Å². The molecule has 0 saturated heterocycles. The summed E-state index contributed by atoms with van der Waals surface area (Å²) in [5.74, 6) is -7.27. The predicted molar refractivity (Wildman–Crippen MR) is 87.6 cm³/mol. The lowest BCUT2D eigenvalue weighted by Gasteiger charge is -2.16. The summed E-state index contributed by atoms with van der Waals surface area (Å²) in [5, 5.41) is 18.0. The monoisotopic (exact) mass is 405 g/mol. The lowest BCUT2D eigenvalue weighted by atomic mass is 10.1. The van der Waals surface area contributed by atoms with Crippen molar-refractivity contribution in [2.24, 2.45) is 0 Å². The molecule has 0 spiro atoms. The van der Waals surface area contributed by atoms with Crippen LogP contribution in [0.15, 0.2) is 29.2 Å². The number of benzene rings is 2. The number of sulfonamides is 1. The molecule has 3 N–H and O–H groups in total. The van der Waals surface area contributed by atoms with E-state index in [1.54, 1.807) is 4.72 Å². The fourth-order valence-corrected chi connectivity index (χ4v) is 3.29. The molecule has 0 unspecified atom stereocenters. The molecule has 0 saturated carbocycles. The van der Waals surface area contributed by atoms with Gasteiger partial charge in [-0.25, -0.2) is 26.4 Å². The lowest BCUT2D eigenvalue weighted by Crippen LogP contribution is -2.18. The van der Waals surface area contributed by atoms with Crippen LogP contribution in [0.5, 0.6) is 5.75 Å². The van der Waals surface area contributed by atoms with Crippen LogP contribution in [0.3, 0.4) is 0 Å². The highest BCUT2D eigenvalue weighted by molar-refractivity contribution is 7.92. The van der Waals surface area contributed by atoms with Gasteiger partial charge in [-0.15, -0.1) is 0 Å². The van der Waals surface area contributed by atoms with Crippen molar-refractivity contribution in [1.29, 1.82) is 0 Å². The number of rotatable bonds is 7. The van der Waals surface area contributed by atoms with Crippen molar-refractivity contribution in [3.63, 3.8) is 0 Å². The van der Waals surface area contributed by atoms with E-state index in [1.165, 1.54) is 6.92 Å². The summed E-state index contributed by atoms with van der Waals surface area (Å²) in [6.07, 6.45) is 0. The quantitative estimate of drug-likeness (QED) is 0.652. The van der Waals surface area contributed by atoms with Gasteiger partial charge in [-0.2, -0.15) is 0 Å². The predicted octanol–water partition coefficient (Wildman–Crippen LogP) is 2.49. The zero-order chi connectivity index (χ0) is 20.4. The Morgan fingerprint density at radius 3 is 2.41 bits per heavy atom. The average Bonchev–Trinajstić information content (AvgIpc) is 2.63. The molecule has 0 aliphatic carbocycles. The van der Waals surface area contributed by atoms with Gasteiger partial charge >= 0.3 is 5.97 Å². The van der Waals surface area contributed by atoms with Gasteiger partial charge < -0.3 is 14.9 Å². The standard InChI is InChI=1S/C16H14F3NO6S/c1-2-26-15-12(18)10(7-21)11(17)14(13(15)19)20-27(24,25)9-5-3-4-8(6-9)16(22)23/h3-6,20-21H,2,7H2,1H3,(H,22,23). The van der Waals surface area contributed by atoms with E-state index in [-0.39, 0.29) is 12.2 Å². The number of carboxylic acid groups (broad SMARTS) is 1. The molecule has 27 heavy (non-hydrogen) atoms. The van der Waals surface area contributed by atoms with Crippen molar-refractivity contribution in [1.82, 2.24) is 0 Å². The minimum Gasteiger partial charge on any atom is -0.488 e. The SMILES string of the molecule is CCOc1c(F)c(CO)c(F)c(NS(=O)(=O)c2cccc(C(=O)O)c2)c1F. The zero-order valence-corrected chi connectivity index (χ0v) is 14.6. The van der Waals surface area contributed by atoms with Crippen LogP contribution in [0.2, 0.25) is 0 Å². The van der Waals surface area contributed by atoms with Gasteiger partial charge in [-0.3, -0.25) is 4.72 Å². The van der Waals surface area contributed by atoms with Crippen molar-refractivity contribution in [3.05, 3.63) is 52.8 Å². The molecule has 0 aliphatic heterocycles. The van der Waals surface area contributed by atoms with Crippen LogP contribution in [-0.4, -0.2) is 31.2 Å². The maximum atomic E-state index is 14.4. The van der Waals surface area contributed by atoms with Crippen molar-refractivity contribution >= 4 is 21.7 Å². The number of aliphatic hydroxyl groups is 1. The Balaban J connectivity index is 2.60. The summed E-state index contributed by atoms with van der Waals surface area (Å²) in [6, 6.07) is 4.03. The second-order valence-electron chi connectivity index (χ2n) is 5.15. The molecule has 0 atom stereocenters. The van der Waals surface area contributed by atoms with Crippen molar-refractivity contribution in [2.45, 2.75) is 18.4 Å². The molecule has 146 valence electrons. The van der Waals surface area contributed by atoms with Gasteiger partial charge in [0.2, 0.25) is 0 Å². The van der Waals surface area contributed by atoms with Gasteiger partial charge in [-0.05, 0) is 25.1 Å². The summed E-state index contributed by atoms with van der Waals surface area (Å²) in [7, 11) is -4.64. The first-order valence-corrected chi connectivity index (χ1v) is 8.91. The smallest absolute Gasteiger partial charge is 0.335 e. The highest BCUT2D eigenvalue weighted by Gasteiger charge is 2.29. The van der Waals surface area contributed by atoms with Crippen LogP contribution in [-0.2, 0) is 16.6 Å². The number of halogens is 3. The van der Waals surface area contributed by atoms with Gasteiger partial charge in [-0.1, -0.05) is 6.07 Å². The number of carbonyl (C=O) groups is 1.